The maximum Gasteiger partial charge on any atom is 0.262 e. The van der Waals surface area contributed by atoms with Gasteiger partial charge < -0.3 is 10.1 Å². The number of methoxy groups -OCH3 is 1. The third-order valence-corrected chi connectivity index (χ3v) is 4.57. The van der Waals surface area contributed by atoms with Crippen molar-refractivity contribution >= 4 is 29.4 Å². The number of nitrogens with one attached hydrogen (secondary N) is 2. The lowest BCUT2D eigenvalue weighted by molar-refractivity contribution is -0.129. The molecule has 0 bridgehead atoms. The van der Waals surface area contributed by atoms with E-state index in [2.05, 4.69) is 15.8 Å². The van der Waals surface area contributed by atoms with Gasteiger partial charge in [-0.25, -0.2) is 5.43 Å². The van der Waals surface area contributed by atoms with Crippen molar-refractivity contribution in [2.24, 2.45) is 11.0 Å². The van der Waals surface area contributed by atoms with Crippen molar-refractivity contribution in [2.75, 3.05) is 7.11 Å². The maximum absolute atomic E-state index is 12.4. The number of benzene rings is 1. The van der Waals surface area contributed by atoms with Crippen LogP contribution >= 0.6 is 11.3 Å². The van der Waals surface area contributed by atoms with Gasteiger partial charge in [-0.3, -0.25) is 9.59 Å². The minimum absolute atomic E-state index is 0.0660. The number of rotatable bonds is 8. The Kier molecular flexibility index (Phi) is 7.35. The van der Waals surface area contributed by atoms with Gasteiger partial charge >= 0.3 is 0 Å². The minimum Gasteiger partial charge on any atom is -0.496 e. The van der Waals surface area contributed by atoms with Crippen LogP contribution in [0.1, 0.15) is 24.3 Å². The largest absolute Gasteiger partial charge is 0.496 e. The van der Waals surface area contributed by atoms with E-state index in [1.54, 1.807) is 7.11 Å². The van der Waals surface area contributed by atoms with Crippen LogP contribution in [-0.2, 0) is 16.0 Å². The van der Waals surface area contributed by atoms with Crippen molar-refractivity contribution in [1.29, 1.82) is 0 Å². The number of para-hydroxylation sites is 1. The van der Waals surface area contributed by atoms with Gasteiger partial charge in [-0.05, 0) is 29.5 Å². The topological polar surface area (TPSA) is 79.8 Å². The van der Waals surface area contributed by atoms with E-state index in [4.69, 9.17) is 4.74 Å². The molecule has 0 saturated carbocycles. The average Bonchev–Trinajstić information content (AvgIpc) is 3.12. The normalized spacial score (nSPS) is 12.2. The number of carbonyl (C=O) groups excluding carboxylic acids is 2. The van der Waals surface area contributed by atoms with E-state index in [0.717, 1.165) is 10.4 Å². The Morgan fingerprint density at radius 3 is 2.65 bits per heavy atom. The van der Waals surface area contributed by atoms with Crippen molar-refractivity contribution in [2.45, 2.75) is 26.3 Å². The molecule has 0 aliphatic heterocycles. The van der Waals surface area contributed by atoms with Gasteiger partial charge in [-0.2, -0.15) is 5.10 Å². The number of thiophene rings is 1. The van der Waals surface area contributed by atoms with Crippen molar-refractivity contribution in [3.05, 3.63) is 52.2 Å². The quantitative estimate of drug-likeness (QED) is 0.551. The molecule has 2 amide bonds. The van der Waals surface area contributed by atoms with Gasteiger partial charge in [-0.1, -0.05) is 32.0 Å². The van der Waals surface area contributed by atoms with Crippen LogP contribution < -0.4 is 15.5 Å². The summed E-state index contributed by atoms with van der Waals surface area (Å²) < 4.78 is 5.23. The fourth-order valence-corrected chi connectivity index (χ4v) is 3.04. The molecule has 0 aliphatic rings. The molecule has 1 aromatic carbocycles. The van der Waals surface area contributed by atoms with Crippen LogP contribution in [0.2, 0.25) is 0 Å². The number of hydrogen-bond donors (Lipinski definition) is 2. The second-order valence-corrected chi connectivity index (χ2v) is 7.05. The smallest absolute Gasteiger partial charge is 0.262 e. The van der Waals surface area contributed by atoms with E-state index in [-0.39, 0.29) is 24.2 Å². The second kappa shape index (κ2) is 9.72. The van der Waals surface area contributed by atoms with Crippen molar-refractivity contribution in [3.8, 4) is 5.75 Å². The number of nitrogens with zero attached hydrogens (tertiary/aromatic N) is 1. The summed E-state index contributed by atoms with van der Waals surface area (Å²) in [4.78, 5) is 25.5. The highest BCUT2D eigenvalue weighted by molar-refractivity contribution is 7.10. The summed E-state index contributed by atoms with van der Waals surface area (Å²) in [5.74, 6) is 0.0552. The number of hydrogen-bond acceptors (Lipinski definition) is 5. The Balaban J connectivity index is 1.95. The molecule has 7 heteroatoms. The minimum atomic E-state index is -0.655. The van der Waals surface area contributed by atoms with Gasteiger partial charge in [0.25, 0.3) is 5.91 Å². The standard InChI is InChI=1S/C19H23N3O3S/c1-13(2)18(21-17(23)11-15-8-6-10-26-15)19(24)22-20-12-14-7-4-5-9-16(14)25-3/h4-10,12-13,18H,11H2,1-3H3,(H,21,23)(H,22,24)/b20-12-/t18-/m1/s1. The average molecular weight is 373 g/mol. The van der Waals surface area contributed by atoms with Gasteiger partial charge in [0.15, 0.2) is 0 Å². The summed E-state index contributed by atoms with van der Waals surface area (Å²) in [6, 6.07) is 10.5. The SMILES string of the molecule is COc1ccccc1/C=N\NC(=O)[C@H](NC(=O)Cc1cccs1)C(C)C. The molecular weight excluding hydrogens is 350 g/mol. The summed E-state index contributed by atoms with van der Waals surface area (Å²) in [5, 5.41) is 8.68. The van der Waals surface area contributed by atoms with Crippen LogP contribution in [0.5, 0.6) is 5.75 Å². The van der Waals surface area contributed by atoms with Gasteiger partial charge in [0.1, 0.15) is 11.8 Å². The predicted octanol–water partition coefficient (Wildman–Crippen LogP) is 2.59. The molecule has 0 radical (unpaired) electrons. The molecule has 6 nitrogen and oxygen atoms in total. The van der Waals surface area contributed by atoms with Gasteiger partial charge in [0.2, 0.25) is 5.91 Å². The Morgan fingerprint density at radius 1 is 1.23 bits per heavy atom. The Labute approximate surface area is 157 Å². The van der Waals surface area contributed by atoms with Gasteiger partial charge in [-0.15, -0.1) is 11.3 Å². The molecule has 0 aliphatic carbocycles. The first-order valence-corrected chi connectivity index (χ1v) is 9.17. The molecule has 2 N–H and O–H groups in total. The molecule has 1 heterocycles. The van der Waals surface area contributed by atoms with E-state index in [1.165, 1.54) is 17.6 Å². The Hall–Kier alpha value is -2.67. The van der Waals surface area contributed by atoms with E-state index in [9.17, 15) is 9.59 Å². The number of hydrazone groups is 1. The predicted molar refractivity (Wildman–Crippen MR) is 104 cm³/mol. The number of amides is 2. The van der Waals surface area contributed by atoms with Crippen molar-refractivity contribution in [1.82, 2.24) is 10.7 Å². The van der Waals surface area contributed by atoms with E-state index >= 15 is 0 Å². The zero-order valence-corrected chi connectivity index (χ0v) is 15.9. The van der Waals surface area contributed by atoms with E-state index in [1.807, 2.05) is 55.6 Å². The lowest BCUT2D eigenvalue weighted by Gasteiger charge is -2.20. The molecule has 1 aromatic heterocycles. The first-order chi connectivity index (χ1) is 12.5. The third kappa shape index (κ3) is 5.70. The number of carbonyl (C=O) groups is 2. The van der Waals surface area contributed by atoms with Gasteiger partial charge in [0.05, 0.1) is 19.7 Å². The van der Waals surface area contributed by atoms with Crippen LogP contribution in [0.25, 0.3) is 0 Å². The van der Waals surface area contributed by atoms with Crippen LogP contribution in [0.15, 0.2) is 46.9 Å². The van der Waals surface area contributed by atoms with Crippen molar-refractivity contribution < 1.29 is 14.3 Å². The molecule has 138 valence electrons. The highest BCUT2D eigenvalue weighted by Gasteiger charge is 2.24. The van der Waals surface area contributed by atoms with Gasteiger partial charge in [0, 0.05) is 10.4 Å². The van der Waals surface area contributed by atoms with Crippen LogP contribution in [0.3, 0.4) is 0 Å². The fraction of sp³-hybridized carbons (Fsp3) is 0.316. The highest BCUT2D eigenvalue weighted by atomic mass is 32.1. The summed E-state index contributed by atoms with van der Waals surface area (Å²) in [6.45, 7) is 3.75. The van der Waals surface area contributed by atoms with Crippen LogP contribution in [0.4, 0.5) is 0 Å². The fourth-order valence-electron chi connectivity index (χ4n) is 2.34. The number of ether oxygens (including phenoxy) is 1. The zero-order valence-electron chi connectivity index (χ0n) is 15.1. The summed E-state index contributed by atoms with van der Waals surface area (Å²) in [6.07, 6.45) is 1.78. The summed E-state index contributed by atoms with van der Waals surface area (Å²) >= 11 is 1.51. The third-order valence-electron chi connectivity index (χ3n) is 3.70. The molecule has 0 fully saturated rings. The Bertz CT molecular complexity index is 757. The van der Waals surface area contributed by atoms with E-state index in [0.29, 0.717) is 5.75 Å². The molecule has 2 aromatic rings. The Morgan fingerprint density at radius 2 is 2.00 bits per heavy atom. The lowest BCUT2D eigenvalue weighted by atomic mass is 10.0. The molecule has 26 heavy (non-hydrogen) atoms. The first kappa shape index (κ1) is 19.7. The molecular formula is C19H23N3O3S. The summed E-state index contributed by atoms with van der Waals surface area (Å²) in [5.41, 5.74) is 3.24. The lowest BCUT2D eigenvalue weighted by Crippen LogP contribution is -2.49. The molecule has 2 rings (SSSR count). The molecule has 0 saturated heterocycles. The highest BCUT2D eigenvalue weighted by Crippen LogP contribution is 2.14. The monoisotopic (exact) mass is 373 g/mol. The zero-order chi connectivity index (χ0) is 18.9. The maximum atomic E-state index is 12.4. The molecule has 0 spiro atoms. The van der Waals surface area contributed by atoms with E-state index < -0.39 is 6.04 Å². The first-order valence-electron chi connectivity index (χ1n) is 8.29. The second-order valence-electron chi connectivity index (χ2n) is 6.02. The summed E-state index contributed by atoms with van der Waals surface area (Å²) in [7, 11) is 1.57. The van der Waals surface area contributed by atoms with Crippen molar-refractivity contribution in [3.63, 3.8) is 0 Å². The molecule has 1 atom stereocenters. The molecule has 0 unspecified atom stereocenters. The van der Waals surface area contributed by atoms with Crippen LogP contribution in [-0.4, -0.2) is 31.2 Å². The van der Waals surface area contributed by atoms with Crippen LogP contribution in [0, 0.1) is 5.92 Å².